The molecule has 0 atom stereocenters. The molecular formula is C39H33ClFN5O3S2. The van der Waals surface area contributed by atoms with Gasteiger partial charge in [-0.3, -0.25) is 23.9 Å². The van der Waals surface area contributed by atoms with Gasteiger partial charge in [-0.05, 0) is 54.3 Å². The number of amides is 2. The lowest BCUT2D eigenvalue weighted by Gasteiger charge is -2.33. The van der Waals surface area contributed by atoms with Gasteiger partial charge in [-0.2, -0.15) is 0 Å². The Labute approximate surface area is 307 Å². The topological polar surface area (TPSA) is 88.4 Å². The lowest BCUT2D eigenvalue weighted by atomic mass is 9.95. The van der Waals surface area contributed by atoms with E-state index in [4.69, 9.17) is 21.6 Å². The van der Waals surface area contributed by atoms with Crippen molar-refractivity contribution < 1.29 is 14.0 Å². The Morgan fingerprint density at radius 2 is 1.59 bits per heavy atom. The standard InChI is InChI=1S/C39H33ClFN5O3S2/c40-32-12-6-4-10-30(32)34-24-50-39(43-34)45(23-27-14-16-29(41)17-15-27)36(48)28-18-20-44(21-19-28)35(47)25-51-38-42-33-13-7-5-11-31(33)37(49)46(38)22-26-8-2-1-3-9-26/h1-17,24,28H,18-23,25H2. The van der Waals surface area contributed by atoms with E-state index in [2.05, 4.69) is 0 Å². The molecular weight excluding hydrogens is 705 g/mol. The molecule has 1 fully saturated rings. The highest BCUT2D eigenvalue weighted by Gasteiger charge is 2.32. The molecule has 6 aromatic rings. The molecule has 0 spiro atoms. The molecule has 0 bridgehead atoms. The lowest BCUT2D eigenvalue weighted by molar-refractivity contribution is -0.132. The van der Waals surface area contributed by atoms with E-state index in [1.807, 2.05) is 66.0 Å². The summed E-state index contributed by atoms with van der Waals surface area (Å²) >= 11 is 9.04. The van der Waals surface area contributed by atoms with Gasteiger partial charge in [-0.1, -0.05) is 96.2 Å². The van der Waals surface area contributed by atoms with Gasteiger partial charge in [0.05, 0.1) is 35.4 Å². The second kappa shape index (κ2) is 15.6. The number of anilines is 1. The summed E-state index contributed by atoms with van der Waals surface area (Å²) in [5, 5.41) is 3.99. The van der Waals surface area contributed by atoms with Crippen LogP contribution in [-0.4, -0.2) is 50.1 Å². The van der Waals surface area contributed by atoms with E-state index in [0.717, 1.165) is 16.7 Å². The van der Waals surface area contributed by atoms with Gasteiger partial charge in [0.15, 0.2) is 10.3 Å². The van der Waals surface area contributed by atoms with E-state index in [9.17, 15) is 18.8 Å². The van der Waals surface area contributed by atoms with Crippen LogP contribution in [0.1, 0.15) is 24.0 Å². The third-order valence-electron chi connectivity index (χ3n) is 8.92. The van der Waals surface area contributed by atoms with Gasteiger partial charge < -0.3 is 4.90 Å². The number of halogens is 2. The highest BCUT2D eigenvalue weighted by molar-refractivity contribution is 7.99. The Morgan fingerprint density at radius 3 is 2.35 bits per heavy atom. The first-order chi connectivity index (χ1) is 24.8. The van der Waals surface area contributed by atoms with Crippen molar-refractivity contribution in [2.24, 2.45) is 5.92 Å². The van der Waals surface area contributed by atoms with Crippen LogP contribution >= 0.6 is 34.7 Å². The maximum absolute atomic E-state index is 14.1. The summed E-state index contributed by atoms with van der Waals surface area (Å²) < 4.78 is 15.3. The minimum atomic E-state index is -0.349. The van der Waals surface area contributed by atoms with Crippen molar-refractivity contribution >= 4 is 62.5 Å². The van der Waals surface area contributed by atoms with E-state index in [0.29, 0.717) is 64.4 Å². The van der Waals surface area contributed by atoms with Crippen molar-refractivity contribution in [1.29, 1.82) is 0 Å². The number of likely N-dealkylation sites (tertiary alicyclic amines) is 1. The van der Waals surface area contributed by atoms with Gasteiger partial charge in [0.25, 0.3) is 5.56 Å². The fourth-order valence-corrected chi connectivity index (χ4v) is 8.13. The van der Waals surface area contributed by atoms with Crippen molar-refractivity contribution in [3.63, 3.8) is 0 Å². The first-order valence-electron chi connectivity index (χ1n) is 16.5. The summed E-state index contributed by atoms with van der Waals surface area (Å²) in [6, 6.07) is 30.4. The molecule has 0 unspecified atom stereocenters. The van der Waals surface area contributed by atoms with Crippen LogP contribution in [-0.2, 0) is 22.7 Å². The maximum Gasteiger partial charge on any atom is 0.262 e. The molecule has 12 heteroatoms. The number of hydrogen-bond donors (Lipinski definition) is 0. The Bertz CT molecular complexity index is 2240. The predicted octanol–water partition coefficient (Wildman–Crippen LogP) is 7.92. The highest BCUT2D eigenvalue weighted by Crippen LogP contribution is 2.34. The minimum Gasteiger partial charge on any atom is -0.342 e. The van der Waals surface area contributed by atoms with Crippen LogP contribution in [0, 0.1) is 11.7 Å². The molecule has 1 aliphatic rings. The Kier molecular flexibility index (Phi) is 10.6. The summed E-state index contributed by atoms with van der Waals surface area (Å²) in [7, 11) is 0. The zero-order valence-electron chi connectivity index (χ0n) is 27.5. The number of carbonyl (C=O) groups is 2. The number of nitrogens with zero attached hydrogens (tertiary/aromatic N) is 5. The number of para-hydroxylation sites is 1. The first kappa shape index (κ1) is 34.6. The SMILES string of the molecule is O=C(CSc1nc2ccccc2c(=O)n1Cc1ccccc1)N1CCC(C(=O)N(Cc2ccc(F)cc2)c2nc(-c3ccccc3Cl)cs2)CC1. The molecule has 2 aromatic heterocycles. The number of thioether (sulfide) groups is 1. The third kappa shape index (κ3) is 7.90. The highest BCUT2D eigenvalue weighted by atomic mass is 35.5. The first-order valence-corrected chi connectivity index (χ1v) is 18.8. The molecule has 1 saturated heterocycles. The second-order valence-corrected chi connectivity index (χ2v) is 14.5. The predicted molar refractivity (Wildman–Crippen MR) is 202 cm³/mol. The Morgan fingerprint density at radius 1 is 0.882 bits per heavy atom. The van der Waals surface area contributed by atoms with E-state index < -0.39 is 0 Å². The number of benzene rings is 4. The summed E-state index contributed by atoms with van der Waals surface area (Å²) in [4.78, 5) is 54.2. The molecule has 3 heterocycles. The minimum absolute atomic E-state index is 0.0768. The average Bonchev–Trinajstić information content (AvgIpc) is 3.65. The number of fused-ring (bicyclic) bond motifs is 1. The lowest BCUT2D eigenvalue weighted by Crippen LogP contribution is -2.45. The largest absolute Gasteiger partial charge is 0.342 e. The molecule has 8 nitrogen and oxygen atoms in total. The van der Waals surface area contributed by atoms with Crippen LogP contribution in [0.3, 0.4) is 0 Å². The molecule has 4 aromatic carbocycles. The van der Waals surface area contributed by atoms with Gasteiger partial charge >= 0.3 is 0 Å². The Hall–Kier alpha value is -4.84. The fraction of sp³-hybridized carbons (Fsp3) is 0.205. The van der Waals surface area contributed by atoms with Crippen LogP contribution in [0.5, 0.6) is 0 Å². The molecule has 51 heavy (non-hydrogen) atoms. The summed E-state index contributed by atoms with van der Waals surface area (Å²) in [5.41, 5.74) is 3.62. The van der Waals surface area contributed by atoms with Gasteiger partial charge in [0.1, 0.15) is 5.82 Å². The summed E-state index contributed by atoms with van der Waals surface area (Å²) in [6.07, 6.45) is 0.982. The number of aromatic nitrogens is 3. The monoisotopic (exact) mass is 737 g/mol. The third-order valence-corrected chi connectivity index (χ3v) is 11.1. The molecule has 258 valence electrons. The second-order valence-electron chi connectivity index (χ2n) is 12.3. The number of piperidine rings is 1. The van der Waals surface area contributed by atoms with Crippen LogP contribution in [0.2, 0.25) is 5.02 Å². The molecule has 0 radical (unpaired) electrons. The van der Waals surface area contributed by atoms with E-state index in [1.54, 1.807) is 44.7 Å². The van der Waals surface area contributed by atoms with Crippen molar-refractivity contribution in [3.05, 3.63) is 141 Å². The molecule has 7 rings (SSSR count). The summed E-state index contributed by atoms with van der Waals surface area (Å²) in [6.45, 7) is 1.42. The van der Waals surface area contributed by atoms with Gasteiger partial charge in [-0.15, -0.1) is 11.3 Å². The van der Waals surface area contributed by atoms with Crippen LogP contribution in [0.4, 0.5) is 9.52 Å². The van der Waals surface area contributed by atoms with Gasteiger partial charge in [0.2, 0.25) is 11.8 Å². The number of carbonyl (C=O) groups excluding carboxylic acids is 2. The van der Waals surface area contributed by atoms with Crippen molar-refractivity contribution in [2.45, 2.75) is 31.1 Å². The average molecular weight is 738 g/mol. The number of hydrogen-bond acceptors (Lipinski definition) is 7. The quantitative estimate of drug-likeness (QED) is 0.105. The van der Waals surface area contributed by atoms with Crippen molar-refractivity contribution in [2.75, 3.05) is 23.7 Å². The van der Waals surface area contributed by atoms with Crippen LogP contribution < -0.4 is 10.5 Å². The molecule has 0 N–H and O–H groups in total. The van der Waals surface area contributed by atoms with Crippen molar-refractivity contribution in [1.82, 2.24) is 19.4 Å². The smallest absolute Gasteiger partial charge is 0.262 e. The molecule has 0 saturated carbocycles. The normalized spacial score (nSPS) is 13.4. The molecule has 2 amide bonds. The van der Waals surface area contributed by atoms with Gasteiger partial charge in [-0.25, -0.2) is 14.4 Å². The Balaban J connectivity index is 1.04. The van der Waals surface area contributed by atoms with Crippen LogP contribution in [0.25, 0.3) is 22.2 Å². The molecule has 1 aliphatic heterocycles. The van der Waals surface area contributed by atoms with E-state index in [-0.39, 0.29) is 41.4 Å². The van der Waals surface area contributed by atoms with Crippen molar-refractivity contribution in [3.8, 4) is 11.3 Å². The molecule has 0 aliphatic carbocycles. The zero-order chi connectivity index (χ0) is 35.3. The number of thiazole rings is 1. The van der Waals surface area contributed by atoms with E-state index in [1.165, 1.54) is 35.2 Å². The van der Waals surface area contributed by atoms with Gasteiger partial charge in [0, 0.05) is 35.0 Å². The summed E-state index contributed by atoms with van der Waals surface area (Å²) in [5.74, 6) is -0.733. The fourth-order valence-electron chi connectivity index (χ4n) is 6.17. The number of rotatable bonds is 10. The van der Waals surface area contributed by atoms with Crippen LogP contribution in [0.15, 0.2) is 118 Å². The zero-order valence-corrected chi connectivity index (χ0v) is 29.8. The maximum atomic E-state index is 14.1. The van der Waals surface area contributed by atoms with E-state index >= 15 is 0 Å².